The third kappa shape index (κ3) is 5.80. The van der Waals surface area contributed by atoms with Gasteiger partial charge < -0.3 is 14.6 Å². The Kier molecular flexibility index (Phi) is 7.26. The van der Waals surface area contributed by atoms with Gasteiger partial charge in [0.25, 0.3) is 0 Å². The second-order valence-corrected chi connectivity index (χ2v) is 7.34. The maximum atomic E-state index is 12.2. The quantitative estimate of drug-likeness (QED) is 0.427. The van der Waals surface area contributed by atoms with Gasteiger partial charge in [-0.3, -0.25) is 4.79 Å². The second kappa shape index (κ2) is 8.75. The summed E-state index contributed by atoms with van der Waals surface area (Å²) < 4.78 is 11.5. The molecule has 0 heterocycles. The van der Waals surface area contributed by atoms with E-state index < -0.39 is 11.2 Å². The molecule has 0 spiro atoms. The van der Waals surface area contributed by atoms with E-state index >= 15 is 0 Å². The van der Waals surface area contributed by atoms with Crippen LogP contribution in [0.2, 0.25) is 0 Å². The zero-order valence-electron chi connectivity index (χ0n) is 16.5. The molecule has 0 aliphatic carbocycles. The number of rotatable bonds is 7. The second-order valence-electron chi connectivity index (χ2n) is 7.34. The van der Waals surface area contributed by atoms with Crippen LogP contribution < -0.4 is 4.74 Å². The lowest BCUT2D eigenvalue weighted by Crippen LogP contribution is -2.35. The number of carbonyl (C=O) groups is 1. The van der Waals surface area contributed by atoms with E-state index in [2.05, 4.69) is 6.07 Å². The first-order valence-electron chi connectivity index (χ1n) is 8.87. The molecule has 0 fully saturated rings. The summed E-state index contributed by atoms with van der Waals surface area (Å²) in [5.41, 5.74) is -0.669. The summed E-state index contributed by atoms with van der Waals surface area (Å²) in [5, 5.41) is 19.6. The molecule has 1 unspecified atom stereocenters. The highest BCUT2D eigenvalue weighted by molar-refractivity contribution is 5.74. The Morgan fingerprint density at radius 1 is 1.19 bits per heavy atom. The van der Waals surface area contributed by atoms with Crippen molar-refractivity contribution >= 4 is 5.97 Å². The molecule has 0 bridgehead atoms. The van der Waals surface area contributed by atoms with Gasteiger partial charge in [-0.15, -0.1) is 0 Å². The number of hydrogen-bond acceptors (Lipinski definition) is 5. The average Bonchev–Trinajstić information content (AvgIpc) is 2.55. The Labute approximate surface area is 156 Å². The molecule has 0 saturated heterocycles. The zero-order valence-corrected chi connectivity index (χ0v) is 16.5. The Hall–Kier alpha value is -2.48. The van der Waals surface area contributed by atoms with Crippen molar-refractivity contribution in [2.75, 3.05) is 0 Å². The van der Waals surface area contributed by atoms with Gasteiger partial charge in [-0.05, 0) is 40.2 Å². The molecule has 5 nitrogen and oxygen atoms in total. The molecule has 26 heavy (non-hydrogen) atoms. The number of benzene rings is 1. The van der Waals surface area contributed by atoms with Crippen molar-refractivity contribution in [3.8, 4) is 11.8 Å². The molecule has 1 aromatic carbocycles. The first-order chi connectivity index (χ1) is 12.1. The van der Waals surface area contributed by atoms with E-state index in [1.54, 1.807) is 32.0 Å². The van der Waals surface area contributed by atoms with Crippen molar-refractivity contribution in [1.29, 1.82) is 5.26 Å². The van der Waals surface area contributed by atoms with E-state index in [1.165, 1.54) is 0 Å². The van der Waals surface area contributed by atoms with Crippen molar-refractivity contribution < 1.29 is 19.4 Å². The SMILES string of the molecule is CC/C(O)=C(/C#N)C(C)(CC)Oc1ccccc1CC(=O)OC(C)(C)C. The number of carbonyl (C=O) groups excluding carboxylic acids is 1. The van der Waals surface area contributed by atoms with Gasteiger partial charge in [0, 0.05) is 12.0 Å². The van der Waals surface area contributed by atoms with E-state index in [0.717, 1.165) is 0 Å². The molecular formula is C21H29NO4. The minimum Gasteiger partial charge on any atom is -0.511 e. The Morgan fingerprint density at radius 3 is 2.31 bits per heavy atom. The van der Waals surface area contributed by atoms with Gasteiger partial charge in [0.2, 0.25) is 0 Å². The number of nitriles is 1. The molecule has 1 N–H and O–H groups in total. The van der Waals surface area contributed by atoms with E-state index in [4.69, 9.17) is 9.47 Å². The Bertz CT molecular complexity index is 709. The predicted molar refractivity (Wildman–Crippen MR) is 101 cm³/mol. The first-order valence-corrected chi connectivity index (χ1v) is 8.87. The van der Waals surface area contributed by atoms with Crippen molar-refractivity contribution in [3.05, 3.63) is 41.2 Å². The van der Waals surface area contributed by atoms with Crippen molar-refractivity contribution in [3.63, 3.8) is 0 Å². The molecule has 1 rings (SSSR count). The van der Waals surface area contributed by atoms with Crippen molar-refractivity contribution in [2.45, 2.75) is 72.0 Å². The zero-order chi connectivity index (χ0) is 20.0. The highest BCUT2D eigenvalue weighted by Crippen LogP contribution is 2.32. The number of nitrogens with zero attached hydrogens (tertiary/aromatic N) is 1. The Morgan fingerprint density at radius 2 is 1.81 bits per heavy atom. The van der Waals surface area contributed by atoms with Gasteiger partial charge >= 0.3 is 5.97 Å². The molecule has 142 valence electrons. The fraction of sp³-hybridized carbons (Fsp3) is 0.524. The van der Waals surface area contributed by atoms with E-state index in [9.17, 15) is 15.2 Å². The van der Waals surface area contributed by atoms with Crippen LogP contribution >= 0.6 is 0 Å². The summed E-state index contributed by atoms with van der Waals surface area (Å²) >= 11 is 0. The third-order valence-corrected chi connectivity index (χ3v) is 4.00. The minimum absolute atomic E-state index is 0.0153. The molecule has 0 radical (unpaired) electrons. The molecule has 0 aliphatic heterocycles. The molecule has 0 amide bonds. The van der Waals surface area contributed by atoms with Gasteiger partial charge in [-0.1, -0.05) is 32.0 Å². The highest BCUT2D eigenvalue weighted by atomic mass is 16.6. The number of esters is 1. The number of aliphatic hydroxyl groups excluding tert-OH is 1. The van der Waals surface area contributed by atoms with Crippen LogP contribution in [0.3, 0.4) is 0 Å². The topological polar surface area (TPSA) is 79.5 Å². The molecule has 1 atom stereocenters. The van der Waals surface area contributed by atoms with Crippen LogP contribution in [-0.2, 0) is 16.0 Å². The number of allylic oxidation sites excluding steroid dienone is 1. The van der Waals surface area contributed by atoms with Gasteiger partial charge in [0.05, 0.1) is 6.42 Å². The number of para-hydroxylation sites is 1. The summed E-state index contributed by atoms with van der Waals surface area (Å²) in [5.74, 6) is 0.167. The van der Waals surface area contributed by atoms with Gasteiger partial charge in [-0.2, -0.15) is 5.26 Å². The van der Waals surface area contributed by atoms with Gasteiger partial charge in [-0.25, -0.2) is 0 Å². The summed E-state index contributed by atoms with van der Waals surface area (Å²) in [7, 11) is 0. The molecular weight excluding hydrogens is 330 g/mol. The first kappa shape index (κ1) is 21.6. The summed E-state index contributed by atoms with van der Waals surface area (Å²) in [4.78, 5) is 12.2. The average molecular weight is 359 g/mol. The van der Waals surface area contributed by atoms with Crippen LogP contribution in [-0.4, -0.2) is 22.3 Å². The number of ether oxygens (including phenoxy) is 2. The van der Waals surface area contributed by atoms with E-state index in [1.807, 2.05) is 33.8 Å². The van der Waals surface area contributed by atoms with Crippen molar-refractivity contribution in [1.82, 2.24) is 0 Å². The summed E-state index contributed by atoms with van der Waals surface area (Å²) in [6.07, 6.45) is 0.903. The van der Waals surface area contributed by atoms with Crippen molar-refractivity contribution in [2.24, 2.45) is 0 Å². The summed E-state index contributed by atoms with van der Waals surface area (Å²) in [6, 6.07) is 9.25. The predicted octanol–water partition coefficient (Wildman–Crippen LogP) is 4.86. The smallest absolute Gasteiger partial charge is 0.310 e. The standard InChI is InChI=1S/C21H29NO4/c1-7-17(23)16(14-22)21(6,8-2)25-18-12-10-9-11-15(18)13-19(24)26-20(3,4)5/h9-12,23H,7-8,13H2,1-6H3/b17-16+. The van der Waals surface area contributed by atoms with Gasteiger partial charge in [0.1, 0.15) is 34.4 Å². The summed E-state index contributed by atoms with van der Waals surface area (Å²) in [6.45, 7) is 10.9. The molecule has 1 aromatic rings. The highest BCUT2D eigenvalue weighted by Gasteiger charge is 2.33. The van der Waals surface area contributed by atoms with Crippen LogP contribution in [0, 0.1) is 11.3 Å². The van der Waals surface area contributed by atoms with E-state index in [0.29, 0.717) is 24.2 Å². The molecule has 0 aromatic heterocycles. The largest absolute Gasteiger partial charge is 0.511 e. The third-order valence-electron chi connectivity index (χ3n) is 4.00. The molecule has 0 aliphatic rings. The Balaban J connectivity index is 3.17. The van der Waals surface area contributed by atoms with Crippen LogP contribution in [0.5, 0.6) is 5.75 Å². The fourth-order valence-corrected chi connectivity index (χ4v) is 2.49. The van der Waals surface area contributed by atoms with Crippen LogP contribution in [0.4, 0.5) is 0 Å². The number of aliphatic hydroxyl groups is 1. The van der Waals surface area contributed by atoms with Gasteiger partial charge in [0.15, 0.2) is 0 Å². The maximum absolute atomic E-state index is 12.2. The lowest BCUT2D eigenvalue weighted by molar-refractivity contribution is -0.153. The fourth-order valence-electron chi connectivity index (χ4n) is 2.49. The lowest BCUT2D eigenvalue weighted by atomic mass is 9.91. The normalized spacial score (nSPS) is 14.7. The minimum atomic E-state index is -0.987. The van der Waals surface area contributed by atoms with Crippen LogP contribution in [0.15, 0.2) is 35.6 Å². The monoisotopic (exact) mass is 359 g/mol. The molecule has 0 saturated carbocycles. The maximum Gasteiger partial charge on any atom is 0.310 e. The van der Waals surface area contributed by atoms with Crippen LogP contribution in [0.25, 0.3) is 0 Å². The number of hydrogen-bond donors (Lipinski definition) is 1. The lowest BCUT2D eigenvalue weighted by Gasteiger charge is -2.30. The van der Waals surface area contributed by atoms with E-state index in [-0.39, 0.29) is 23.7 Å². The van der Waals surface area contributed by atoms with Crippen LogP contribution in [0.1, 0.15) is 59.9 Å². The molecule has 5 heteroatoms.